The summed E-state index contributed by atoms with van der Waals surface area (Å²) in [4.78, 5) is 12.3. The molecule has 0 atom stereocenters. The molecular formula is C13H8Ac2O8. The van der Waals surface area contributed by atoms with Gasteiger partial charge in [0.1, 0.15) is 0 Å². The van der Waals surface area contributed by atoms with Crippen molar-refractivity contribution in [3.8, 4) is 34.5 Å². The zero-order chi connectivity index (χ0) is 15.5. The van der Waals surface area contributed by atoms with Crippen molar-refractivity contribution >= 4 is 21.9 Å². The van der Waals surface area contributed by atoms with Gasteiger partial charge in [0.25, 0.3) is 0 Å². The standard InChI is InChI=1S/C13H8O8.2Ac/c14-5-1-3-7(16)4-2-6(15)9(18)11(20)13(4)21-12(3)10(19)8(5)17;;/h1-2,14-15,17-20H;;. The average molecular weight is 746 g/mol. The van der Waals surface area contributed by atoms with Gasteiger partial charge in [0, 0.05) is 88.1 Å². The van der Waals surface area contributed by atoms with Gasteiger partial charge in [0.05, 0.1) is 10.8 Å². The monoisotopic (exact) mass is 746 g/mol. The summed E-state index contributed by atoms with van der Waals surface area (Å²) in [5.41, 5.74) is -1.76. The maximum atomic E-state index is 12.3. The van der Waals surface area contributed by atoms with E-state index in [1.807, 2.05) is 0 Å². The third kappa shape index (κ3) is 3.11. The first kappa shape index (κ1) is 20.6. The Labute approximate surface area is 199 Å². The minimum Gasteiger partial charge on any atom is -0.504 e. The van der Waals surface area contributed by atoms with Crippen LogP contribution in [0.5, 0.6) is 34.5 Å². The van der Waals surface area contributed by atoms with Crippen LogP contribution in [-0.2, 0) is 0 Å². The summed E-state index contributed by atoms with van der Waals surface area (Å²) in [5, 5.41) is 56.5. The van der Waals surface area contributed by atoms with Gasteiger partial charge in [0.2, 0.25) is 28.4 Å². The first-order valence-corrected chi connectivity index (χ1v) is 5.61. The second-order valence-corrected chi connectivity index (χ2v) is 4.37. The molecule has 23 heavy (non-hydrogen) atoms. The van der Waals surface area contributed by atoms with Crippen molar-refractivity contribution in [1.29, 1.82) is 0 Å². The molecular weight excluding hydrogens is 738 g/mol. The van der Waals surface area contributed by atoms with Gasteiger partial charge in [-0.05, 0) is 12.1 Å². The number of phenols is 6. The van der Waals surface area contributed by atoms with E-state index in [4.69, 9.17) is 4.42 Å². The Morgan fingerprint density at radius 1 is 0.652 bits per heavy atom. The molecule has 2 radical (unpaired) electrons. The molecule has 0 unspecified atom stereocenters. The fourth-order valence-electron chi connectivity index (χ4n) is 2.05. The summed E-state index contributed by atoms with van der Waals surface area (Å²) in [7, 11) is 0. The largest absolute Gasteiger partial charge is 0.504 e. The maximum Gasteiger partial charge on any atom is 0.205 e. The van der Waals surface area contributed by atoms with E-state index in [1.54, 1.807) is 0 Å². The van der Waals surface area contributed by atoms with Crippen molar-refractivity contribution < 1.29 is 123 Å². The van der Waals surface area contributed by atoms with Gasteiger partial charge in [-0.3, -0.25) is 4.79 Å². The Kier molecular flexibility index (Phi) is 6.49. The molecule has 2 aromatic carbocycles. The predicted octanol–water partition coefficient (Wildman–Crippen LogP) is 1.18. The van der Waals surface area contributed by atoms with Crippen molar-refractivity contribution in [3.63, 3.8) is 0 Å². The second-order valence-electron chi connectivity index (χ2n) is 4.37. The van der Waals surface area contributed by atoms with Gasteiger partial charge < -0.3 is 35.1 Å². The number of benzene rings is 2. The molecule has 3 rings (SSSR count). The van der Waals surface area contributed by atoms with Crippen LogP contribution >= 0.6 is 0 Å². The SMILES string of the molecule is O=c1c2cc(O)c(O)c(O)c2oc2c(O)c(O)c(O)cc12.[Ac].[Ac]. The number of aromatic hydroxyl groups is 6. The first-order valence-electron chi connectivity index (χ1n) is 5.61. The zero-order valence-electron chi connectivity index (χ0n) is 11.3. The van der Waals surface area contributed by atoms with Gasteiger partial charge in [-0.15, -0.1) is 0 Å². The molecule has 1 heterocycles. The minimum absolute atomic E-state index is 0. The number of phenolic OH excluding ortho intramolecular Hbond substituents is 6. The van der Waals surface area contributed by atoms with E-state index >= 15 is 0 Å². The first-order chi connectivity index (χ1) is 9.82. The molecule has 0 aliphatic rings. The van der Waals surface area contributed by atoms with Crippen molar-refractivity contribution in [2.24, 2.45) is 0 Å². The Hall–Kier alpha value is -0.407. The van der Waals surface area contributed by atoms with Crippen LogP contribution in [0.3, 0.4) is 0 Å². The van der Waals surface area contributed by atoms with E-state index in [0.717, 1.165) is 12.1 Å². The molecule has 6 N–H and O–H groups in total. The number of rotatable bonds is 0. The topological polar surface area (TPSA) is 152 Å². The Morgan fingerprint density at radius 3 is 1.35 bits per heavy atom. The van der Waals surface area contributed by atoms with Crippen LogP contribution in [0.15, 0.2) is 21.3 Å². The molecule has 0 saturated carbocycles. The third-order valence-corrected chi connectivity index (χ3v) is 3.11. The van der Waals surface area contributed by atoms with E-state index in [9.17, 15) is 35.4 Å². The van der Waals surface area contributed by atoms with E-state index in [0.29, 0.717) is 0 Å². The van der Waals surface area contributed by atoms with Gasteiger partial charge >= 0.3 is 0 Å². The van der Waals surface area contributed by atoms with Gasteiger partial charge in [-0.1, -0.05) is 0 Å². The normalized spacial score (nSPS) is 10.3. The summed E-state index contributed by atoms with van der Waals surface area (Å²) >= 11 is 0. The van der Waals surface area contributed by atoms with Crippen LogP contribution in [0.1, 0.15) is 0 Å². The van der Waals surface area contributed by atoms with Crippen LogP contribution in [0.4, 0.5) is 0 Å². The molecule has 0 aliphatic carbocycles. The number of fused-ring (bicyclic) bond motifs is 2. The minimum atomic E-state index is -0.896. The molecule has 1 aromatic heterocycles. The molecule has 0 bridgehead atoms. The Bertz CT molecular complexity index is 905. The van der Waals surface area contributed by atoms with Crippen molar-refractivity contribution in [2.45, 2.75) is 0 Å². The summed E-state index contributed by atoms with van der Waals surface area (Å²) in [5.74, 6) is -5.05. The molecule has 3 aromatic rings. The fourth-order valence-corrected chi connectivity index (χ4v) is 2.05. The van der Waals surface area contributed by atoms with Crippen LogP contribution in [0.25, 0.3) is 21.9 Å². The van der Waals surface area contributed by atoms with Gasteiger partial charge in [-0.2, -0.15) is 0 Å². The van der Waals surface area contributed by atoms with E-state index in [1.165, 1.54) is 0 Å². The van der Waals surface area contributed by atoms with Crippen molar-refractivity contribution in [2.75, 3.05) is 0 Å². The molecule has 8 nitrogen and oxygen atoms in total. The summed E-state index contributed by atoms with van der Waals surface area (Å²) in [6, 6.07) is 1.74. The van der Waals surface area contributed by atoms with Crippen molar-refractivity contribution in [3.05, 3.63) is 22.4 Å². The Balaban J connectivity index is 0.00000132. The average Bonchev–Trinajstić information content (AvgIpc) is 2.45. The quantitative estimate of drug-likeness (QED) is 0.148. The van der Waals surface area contributed by atoms with Crippen LogP contribution in [0, 0.1) is 88.1 Å². The molecule has 0 spiro atoms. The molecule has 10 heteroatoms. The molecule has 0 saturated heterocycles. The van der Waals surface area contributed by atoms with E-state index in [2.05, 4.69) is 0 Å². The maximum absolute atomic E-state index is 12.3. The Morgan fingerprint density at radius 2 is 1.00 bits per heavy atom. The predicted molar refractivity (Wildman–Crippen MR) is 70.0 cm³/mol. The fraction of sp³-hybridized carbons (Fsp3) is 0. The van der Waals surface area contributed by atoms with E-state index < -0.39 is 51.1 Å². The van der Waals surface area contributed by atoms with Crippen molar-refractivity contribution in [1.82, 2.24) is 0 Å². The summed E-state index contributed by atoms with van der Waals surface area (Å²) < 4.78 is 5.12. The molecule has 0 aliphatic heterocycles. The number of hydrogen-bond acceptors (Lipinski definition) is 8. The third-order valence-electron chi connectivity index (χ3n) is 3.11. The van der Waals surface area contributed by atoms with Gasteiger partial charge in [-0.25, -0.2) is 0 Å². The second kappa shape index (κ2) is 7.23. The van der Waals surface area contributed by atoms with Gasteiger partial charge in [0.15, 0.2) is 22.7 Å². The summed E-state index contributed by atoms with van der Waals surface area (Å²) in [6.07, 6.45) is 0. The smallest absolute Gasteiger partial charge is 0.205 e. The molecule has 0 fully saturated rings. The van der Waals surface area contributed by atoms with Crippen LogP contribution in [-0.4, -0.2) is 30.6 Å². The number of hydrogen-bond donors (Lipinski definition) is 6. The molecule has 0 amide bonds. The zero-order valence-corrected chi connectivity index (χ0v) is 20.8. The summed E-state index contributed by atoms with van der Waals surface area (Å²) in [6.45, 7) is 0. The molecule has 114 valence electrons. The van der Waals surface area contributed by atoms with Crippen LogP contribution < -0.4 is 5.43 Å². The van der Waals surface area contributed by atoms with Crippen LogP contribution in [0.2, 0.25) is 0 Å². The van der Waals surface area contributed by atoms with E-state index in [-0.39, 0.29) is 98.9 Å².